The lowest BCUT2D eigenvalue weighted by molar-refractivity contribution is 0.397. The molecular weight excluding hydrogens is 232 g/mol. The Kier molecular flexibility index (Phi) is 5.35. The van der Waals surface area contributed by atoms with Crippen LogP contribution in [0.1, 0.15) is 19.4 Å². The van der Waals surface area contributed by atoms with E-state index in [4.69, 9.17) is 4.74 Å². The Bertz CT molecular complexity index is 479. The number of hydrogen-bond acceptors (Lipinski definition) is 3. The van der Waals surface area contributed by atoms with Gasteiger partial charge in [0.2, 0.25) is 0 Å². The van der Waals surface area contributed by atoms with E-state index in [1.807, 2.05) is 44.1 Å². The molecule has 0 saturated heterocycles. The second-order valence-electron chi connectivity index (χ2n) is 3.50. The molecule has 0 aliphatic heterocycles. The number of ether oxygens (including phenoxy) is 1. The van der Waals surface area contributed by atoms with E-state index < -0.39 is 0 Å². The summed E-state index contributed by atoms with van der Waals surface area (Å²) in [5.74, 6) is 1.53. The number of aryl methyl sites for hydroxylation is 2. The minimum absolute atomic E-state index is 0.661. The third kappa shape index (κ3) is 3.16. The van der Waals surface area contributed by atoms with Gasteiger partial charge in [0.05, 0.1) is 0 Å². The van der Waals surface area contributed by atoms with E-state index in [1.165, 1.54) is 5.56 Å². The van der Waals surface area contributed by atoms with Gasteiger partial charge in [-0.05, 0) is 24.8 Å². The van der Waals surface area contributed by atoms with Crippen molar-refractivity contribution < 1.29 is 4.74 Å². The summed E-state index contributed by atoms with van der Waals surface area (Å²) in [6.45, 7) is 6.09. The van der Waals surface area contributed by atoms with Crippen molar-refractivity contribution in [2.75, 3.05) is 12.2 Å². The Morgan fingerprint density at radius 3 is 2.71 bits per heavy atom. The first-order chi connectivity index (χ1) is 8.22. The zero-order chi connectivity index (χ0) is 12.8. The first-order valence-corrected chi connectivity index (χ1v) is 7.16. The van der Waals surface area contributed by atoms with Gasteiger partial charge in [-0.25, -0.2) is 0 Å². The van der Waals surface area contributed by atoms with E-state index in [2.05, 4.69) is 18.1 Å². The zero-order valence-corrected chi connectivity index (χ0v) is 12.0. The fraction of sp³-hybridized carbons (Fsp3) is 0.462. The lowest BCUT2D eigenvalue weighted by atomic mass is 10.1. The highest BCUT2D eigenvalue weighted by Gasteiger charge is 2.08. The van der Waals surface area contributed by atoms with Crippen LogP contribution in [0.3, 0.4) is 0 Å². The second kappa shape index (κ2) is 6.55. The fourth-order valence-electron chi connectivity index (χ4n) is 1.57. The molecule has 0 spiro atoms. The van der Waals surface area contributed by atoms with Crippen LogP contribution in [-0.2, 0) is 7.05 Å². The van der Waals surface area contributed by atoms with Gasteiger partial charge in [0, 0.05) is 18.6 Å². The average molecular weight is 252 g/mol. The molecule has 1 aromatic carbocycles. The molecule has 0 aliphatic carbocycles. The molecule has 1 heterocycles. The Labute approximate surface area is 107 Å². The van der Waals surface area contributed by atoms with Crippen molar-refractivity contribution in [1.29, 1.82) is 0 Å². The first kappa shape index (κ1) is 13.9. The van der Waals surface area contributed by atoms with Gasteiger partial charge in [0.15, 0.2) is 0 Å². The third-order valence-corrected chi connectivity index (χ3v) is 2.66. The van der Waals surface area contributed by atoms with Gasteiger partial charge >= 0.3 is 0 Å². The minimum atomic E-state index is 0.661. The highest BCUT2D eigenvalue weighted by molar-refractivity contribution is 7.98. The molecule has 0 bridgehead atoms. The van der Waals surface area contributed by atoms with Gasteiger partial charge in [-0.3, -0.25) is 4.68 Å². The van der Waals surface area contributed by atoms with Crippen molar-refractivity contribution in [3.05, 3.63) is 23.9 Å². The van der Waals surface area contributed by atoms with Crippen molar-refractivity contribution in [1.82, 2.24) is 9.78 Å². The van der Waals surface area contributed by atoms with Crippen LogP contribution in [0, 0.1) is 6.92 Å². The van der Waals surface area contributed by atoms with Crippen LogP contribution >= 0.6 is 11.8 Å². The Hall–Kier alpha value is -1.16. The van der Waals surface area contributed by atoms with Crippen LogP contribution in [0.5, 0.6) is 5.75 Å². The van der Waals surface area contributed by atoms with Gasteiger partial charge in [0.1, 0.15) is 17.2 Å². The molecule has 0 unspecified atom stereocenters. The summed E-state index contributed by atoms with van der Waals surface area (Å²) < 4.78 is 7.45. The molecule has 2 aromatic rings. The number of nitrogens with zero attached hydrogens (tertiary/aromatic N) is 2. The van der Waals surface area contributed by atoms with Crippen LogP contribution in [0.2, 0.25) is 0 Å². The van der Waals surface area contributed by atoms with E-state index in [-0.39, 0.29) is 0 Å². The quantitative estimate of drug-likeness (QED) is 0.781. The molecule has 0 N–H and O–H groups in total. The van der Waals surface area contributed by atoms with Crippen LogP contribution in [0.15, 0.2) is 18.3 Å². The van der Waals surface area contributed by atoms with Crippen LogP contribution in [0.25, 0.3) is 10.9 Å². The van der Waals surface area contributed by atoms with Gasteiger partial charge in [-0.2, -0.15) is 5.10 Å². The van der Waals surface area contributed by atoms with E-state index in [9.17, 15) is 0 Å². The van der Waals surface area contributed by atoms with E-state index in [1.54, 1.807) is 11.8 Å². The van der Waals surface area contributed by atoms with Gasteiger partial charge < -0.3 is 4.74 Å². The van der Waals surface area contributed by atoms with Gasteiger partial charge in [0.25, 0.3) is 0 Å². The Morgan fingerprint density at radius 1 is 1.35 bits per heavy atom. The molecule has 3 nitrogen and oxygen atoms in total. The SMILES string of the molecule is CC.CSCOc1ccc(C)c2cn(C)nc12. The molecule has 94 valence electrons. The number of aromatic nitrogens is 2. The second-order valence-corrected chi connectivity index (χ2v) is 4.31. The van der Waals surface area contributed by atoms with Crippen molar-refractivity contribution >= 4 is 22.7 Å². The maximum Gasteiger partial charge on any atom is 0.148 e. The smallest absolute Gasteiger partial charge is 0.148 e. The number of hydrogen-bond donors (Lipinski definition) is 0. The minimum Gasteiger partial charge on any atom is -0.481 e. The molecule has 17 heavy (non-hydrogen) atoms. The molecular formula is C13H20N2OS. The number of rotatable bonds is 3. The zero-order valence-electron chi connectivity index (χ0n) is 11.2. The highest BCUT2D eigenvalue weighted by Crippen LogP contribution is 2.27. The molecule has 0 saturated carbocycles. The normalized spacial score (nSPS) is 9.94. The topological polar surface area (TPSA) is 27.1 Å². The van der Waals surface area contributed by atoms with E-state index >= 15 is 0 Å². The van der Waals surface area contributed by atoms with Crippen molar-refractivity contribution in [2.45, 2.75) is 20.8 Å². The lowest BCUT2D eigenvalue weighted by Gasteiger charge is -2.05. The standard InChI is InChI=1S/C11H14N2OS.C2H6/c1-8-4-5-10(14-7-15-3)11-9(8)6-13(2)12-11;1-2/h4-6H,7H2,1-3H3;1-2H3. The third-order valence-electron chi connectivity index (χ3n) is 2.30. The van der Waals surface area contributed by atoms with E-state index in [0.717, 1.165) is 16.7 Å². The maximum atomic E-state index is 5.62. The summed E-state index contributed by atoms with van der Waals surface area (Å²) in [6, 6.07) is 4.06. The van der Waals surface area contributed by atoms with Crippen molar-refractivity contribution in [3.8, 4) is 5.75 Å². The number of benzene rings is 1. The number of fused-ring (bicyclic) bond motifs is 1. The molecule has 0 aliphatic rings. The molecule has 0 radical (unpaired) electrons. The summed E-state index contributed by atoms with van der Waals surface area (Å²) in [5.41, 5.74) is 2.18. The molecule has 0 atom stereocenters. The average Bonchev–Trinajstić information content (AvgIpc) is 2.74. The largest absolute Gasteiger partial charge is 0.481 e. The Balaban J connectivity index is 0.000000686. The summed E-state index contributed by atoms with van der Waals surface area (Å²) in [7, 11) is 1.93. The Morgan fingerprint density at radius 2 is 2.06 bits per heavy atom. The van der Waals surface area contributed by atoms with Gasteiger partial charge in [-0.15, -0.1) is 11.8 Å². The summed E-state index contributed by atoms with van der Waals surface area (Å²) in [6.07, 6.45) is 4.04. The summed E-state index contributed by atoms with van der Waals surface area (Å²) >= 11 is 1.66. The molecule has 1 aromatic heterocycles. The van der Waals surface area contributed by atoms with Gasteiger partial charge in [-0.1, -0.05) is 19.9 Å². The highest BCUT2D eigenvalue weighted by atomic mass is 32.2. The predicted octanol–water partition coefficient (Wildman–Crippen LogP) is 3.61. The van der Waals surface area contributed by atoms with Crippen LogP contribution in [0.4, 0.5) is 0 Å². The molecule has 2 rings (SSSR count). The predicted molar refractivity (Wildman–Crippen MR) is 75.8 cm³/mol. The lowest BCUT2D eigenvalue weighted by Crippen LogP contribution is -1.93. The molecule has 4 heteroatoms. The summed E-state index contributed by atoms with van der Waals surface area (Å²) in [5, 5.41) is 5.57. The monoisotopic (exact) mass is 252 g/mol. The van der Waals surface area contributed by atoms with Crippen LogP contribution < -0.4 is 4.74 Å². The van der Waals surface area contributed by atoms with Crippen molar-refractivity contribution in [2.24, 2.45) is 7.05 Å². The van der Waals surface area contributed by atoms with E-state index in [0.29, 0.717) is 5.94 Å². The molecule has 0 amide bonds. The number of thioether (sulfide) groups is 1. The summed E-state index contributed by atoms with van der Waals surface area (Å²) in [4.78, 5) is 0. The maximum absolute atomic E-state index is 5.62. The fourth-order valence-corrected chi connectivity index (χ4v) is 1.81. The first-order valence-electron chi connectivity index (χ1n) is 5.77. The molecule has 0 fully saturated rings. The van der Waals surface area contributed by atoms with Crippen LogP contribution in [-0.4, -0.2) is 22.0 Å². The van der Waals surface area contributed by atoms with Crippen molar-refractivity contribution in [3.63, 3.8) is 0 Å².